The molecular formula is C19H23N5O. The van der Waals surface area contributed by atoms with Crippen molar-refractivity contribution in [2.45, 2.75) is 19.8 Å². The van der Waals surface area contributed by atoms with E-state index in [0.717, 1.165) is 61.9 Å². The third-order valence-electron chi connectivity index (χ3n) is 4.42. The summed E-state index contributed by atoms with van der Waals surface area (Å²) < 4.78 is 5.45. The number of ether oxygens (including phenoxy) is 1. The van der Waals surface area contributed by atoms with Crippen LogP contribution in [0.25, 0.3) is 10.9 Å². The molecule has 3 aromatic rings. The number of rotatable bonds is 5. The first kappa shape index (κ1) is 15.9. The second kappa shape index (κ2) is 7.11. The van der Waals surface area contributed by atoms with E-state index in [2.05, 4.69) is 46.4 Å². The van der Waals surface area contributed by atoms with Crippen molar-refractivity contribution in [2.24, 2.45) is 0 Å². The predicted molar refractivity (Wildman–Crippen MR) is 101 cm³/mol. The summed E-state index contributed by atoms with van der Waals surface area (Å²) in [6.45, 7) is 5.41. The maximum absolute atomic E-state index is 5.45. The summed E-state index contributed by atoms with van der Waals surface area (Å²) in [6, 6.07) is 10.4. The van der Waals surface area contributed by atoms with Crippen molar-refractivity contribution < 1.29 is 4.74 Å². The molecule has 4 rings (SSSR count). The van der Waals surface area contributed by atoms with Gasteiger partial charge >= 0.3 is 0 Å². The molecular weight excluding hydrogens is 314 g/mol. The van der Waals surface area contributed by atoms with Gasteiger partial charge in [-0.05, 0) is 30.7 Å². The molecule has 2 N–H and O–H groups in total. The SMILES string of the molecule is CCCc1cc(N2CCOCC2)nc(Nc2ccc3[nH]ccc3c2)n1. The quantitative estimate of drug-likeness (QED) is 0.746. The van der Waals surface area contributed by atoms with E-state index in [1.54, 1.807) is 0 Å². The van der Waals surface area contributed by atoms with Gasteiger partial charge in [-0.3, -0.25) is 0 Å². The number of benzene rings is 1. The number of aromatic nitrogens is 3. The first-order chi connectivity index (χ1) is 12.3. The fraction of sp³-hybridized carbons (Fsp3) is 0.368. The molecule has 0 amide bonds. The van der Waals surface area contributed by atoms with Crippen molar-refractivity contribution >= 4 is 28.4 Å². The zero-order valence-electron chi connectivity index (χ0n) is 14.5. The summed E-state index contributed by atoms with van der Waals surface area (Å²) in [5.41, 5.74) is 3.19. The number of nitrogens with one attached hydrogen (secondary N) is 2. The number of H-pyrrole nitrogens is 1. The van der Waals surface area contributed by atoms with Gasteiger partial charge in [0.1, 0.15) is 5.82 Å². The highest BCUT2D eigenvalue weighted by Crippen LogP contribution is 2.23. The molecule has 0 bridgehead atoms. The van der Waals surface area contributed by atoms with Crippen LogP contribution in [0.4, 0.5) is 17.5 Å². The zero-order valence-corrected chi connectivity index (χ0v) is 14.5. The van der Waals surface area contributed by atoms with Crippen LogP contribution in [0.1, 0.15) is 19.0 Å². The number of anilines is 3. The van der Waals surface area contributed by atoms with E-state index in [0.29, 0.717) is 5.95 Å². The topological polar surface area (TPSA) is 66.1 Å². The summed E-state index contributed by atoms with van der Waals surface area (Å²) in [7, 11) is 0. The Balaban J connectivity index is 1.63. The van der Waals surface area contributed by atoms with Gasteiger partial charge in [-0.2, -0.15) is 4.98 Å². The van der Waals surface area contributed by atoms with Crippen LogP contribution in [0.2, 0.25) is 0 Å². The fourth-order valence-corrected chi connectivity index (χ4v) is 3.14. The van der Waals surface area contributed by atoms with Crippen LogP contribution < -0.4 is 10.2 Å². The van der Waals surface area contributed by atoms with Gasteiger partial charge in [0, 0.05) is 47.6 Å². The largest absolute Gasteiger partial charge is 0.378 e. The van der Waals surface area contributed by atoms with Crippen LogP contribution in [0.15, 0.2) is 36.5 Å². The highest BCUT2D eigenvalue weighted by atomic mass is 16.5. The molecule has 6 heteroatoms. The maximum Gasteiger partial charge on any atom is 0.229 e. The molecule has 0 unspecified atom stereocenters. The van der Waals surface area contributed by atoms with Gasteiger partial charge in [0.05, 0.1) is 13.2 Å². The molecule has 1 saturated heterocycles. The summed E-state index contributed by atoms with van der Waals surface area (Å²) >= 11 is 0. The van der Waals surface area contributed by atoms with Gasteiger partial charge in [0.15, 0.2) is 0 Å². The summed E-state index contributed by atoms with van der Waals surface area (Å²) in [4.78, 5) is 14.9. The first-order valence-electron chi connectivity index (χ1n) is 8.86. The number of fused-ring (bicyclic) bond motifs is 1. The molecule has 0 atom stereocenters. The monoisotopic (exact) mass is 337 g/mol. The molecule has 0 saturated carbocycles. The molecule has 25 heavy (non-hydrogen) atoms. The third-order valence-corrected chi connectivity index (χ3v) is 4.42. The van der Waals surface area contributed by atoms with E-state index in [1.165, 1.54) is 5.39 Å². The molecule has 6 nitrogen and oxygen atoms in total. The van der Waals surface area contributed by atoms with Crippen LogP contribution in [-0.4, -0.2) is 41.3 Å². The number of morpholine rings is 1. The minimum atomic E-state index is 0.655. The molecule has 130 valence electrons. The zero-order chi connectivity index (χ0) is 17.1. The van der Waals surface area contributed by atoms with Crippen molar-refractivity contribution in [1.29, 1.82) is 0 Å². The van der Waals surface area contributed by atoms with E-state index in [4.69, 9.17) is 14.7 Å². The molecule has 1 fully saturated rings. The van der Waals surface area contributed by atoms with Gasteiger partial charge in [-0.1, -0.05) is 13.3 Å². The minimum Gasteiger partial charge on any atom is -0.378 e. The van der Waals surface area contributed by atoms with Crippen LogP contribution in [-0.2, 0) is 11.2 Å². The highest BCUT2D eigenvalue weighted by molar-refractivity contribution is 5.83. The number of aryl methyl sites for hydroxylation is 1. The van der Waals surface area contributed by atoms with Crippen molar-refractivity contribution in [3.05, 3.63) is 42.2 Å². The van der Waals surface area contributed by atoms with E-state index in [1.807, 2.05) is 12.3 Å². The average molecular weight is 337 g/mol. The van der Waals surface area contributed by atoms with E-state index < -0.39 is 0 Å². The lowest BCUT2D eigenvalue weighted by molar-refractivity contribution is 0.122. The molecule has 1 aromatic carbocycles. The van der Waals surface area contributed by atoms with Crippen LogP contribution in [0, 0.1) is 0 Å². The van der Waals surface area contributed by atoms with E-state index in [-0.39, 0.29) is 0 Å². The van der Waals surface area contributed by atoms with Crippen molar-refractivity contribution in [3.8, 4) is 0 Å². The Morgan fingerprint density at radius 1 is 1.16 bits per heavy atom. The molecule has 0 aliphatic carbocycles. The number of aromatic amines is 1. The summed E-state index contributed by atoms with van der Waals surface area (Å²) in [5.74, 6) is 1.63. The Morgan fingerprint density at radius 3 is 2.88 bits per heavy atom. The highest BCUT2D eigenvalue weighted by Gasteiger charge is 2.15. The van der Waals surface area contributed by atoms with Crippen LogP contribution in [0.3, 0.4) is 0 Å². The van der Waals surface area contributed by atoms with Gasteiger partial charge in [-0.25, -0.2) is 4.98 Å². The smallest absolute Gasteiger partial charge is 0.229 e. The lowest BCUT2D eigenvalue weighted by atomic mass is 10.2. The summed E-state index contributed by atoms with van der Waals surface area (Å²) in [5, 5.41) is 4.54. The van der Waals surface area contributed by atoms with Gasteiger partial charge in [0.25, 0.3) is 0 Å². The Morgan fingerprint density at radius 2 is 2.04 bits per heavy atom. The number of hydrogen-bond acceptors (Lipinski definition) is 5. The van der Waals surface area contributed by atoms with E-state index in [9.17, 15) is 0 Å². The van der Waals surface area contributed by atoms with Crippen LogP contribution in [0.5, 0.6) is 0 Å². The molecule has 1 aliphatic rings. The Labute approximate surface area is 147 Å². The van der Waals surface area contributed by atoms with Gasteiger partial charge < -0.3 is 19.9 Å². The molecule has 1 aliphatic heterocycles. The maximum atomic E-state index is 5.45. The predicted octanol–water partition coefficient (Wildman–Crippen LogP) is 3.49. The number of nitrogens with zero attached hydrogens (tertiary/aromatic N) is 3. The molecule has 3 heterocycles. The standard InChI is InChI=1S/C19H23N5O/c1-2-3-15-13-18(24-8-10-25-11-9-24)23-19(21-15)22-16-4-5-17-14(12-16)6-7-20-17/h4-7,12-13,20H,2-3,8-11H2,1H3,(H,21,22,23). The fourth-order valence-electron chi connectivity index (χ4n) is 3.14. The second-order valence-corrected chi connectivity index (χ2v) is 6.30. The molecule has 0 radical (unpaired) electrons. The lowest BCUT2D eigenvalue weighted by Gasteiger charge is -2.28. The van der Waals surface area contributed by atoms with Crippen molar-refractivity contribution in [2.75, 3.05) is 36.5 Å². The third kappa shape index (κ3) is 3.58. The first-order valence-corrected chi connectivity index (χ1v) is 8.86. The summed E-state index contributed by atoms with van der Waals surface area (Å²) in [6.07, 6.45) is 3.96. The van der Waals surface area contributed by atoms with Crippen LogP contribution >= 0.6 is 0 Å². The van der Waals surface area contributed by atoms with Gasteiger partial charge in [-0.15, -0.1) is 0 Å². The molecule has 2 aromatic heterocycles. The average Bonchev–Trinajstić information content (AvgIpc) is 3.10. The van der Waals surface area contributed by atoms with Crippen molar-refractivity contribution in [3.63, 3.8) is 0 Å². The normalized spacial score (nSPS) is 14.8. The number of hydrogen-bond donors (Lipinski definition) is 2. The lowest BCUT2D eigenvalue weighted by Crippen LogP contribution is -2.37. The Bertz CT molecular complexity index is 854. The molecule has 0 spiro atoms. The Hall–Kier alpha value is -2.60. The van der Waals surface area contributed by atoms with E-state index >= 15 is 0 Å². The second-order valence-electron chi connectivity index (χ2n) is 6.30. The minimum absolute atomic E-state index is 0.655. The van der Waals surface area contributed by atoms with Crippen molar-refractivity contribution in [1.82, 2.24) is 15.0 Å². The Kier molecular flexibility index (Phi) is 4.52. The van der Waals surface area contributed by atoms with Gasteiger partial charge in [0.2, 0.25) is 5.95 Å².